The average Bonchev–Trinajstić information content (AvgIpc) is 3.32. The minimum absolute atomic E-state index is 0.0175. The molecule has 66 heavy (non-hydrogen) atoms. The molecule has 0 bridgehead atoms. The van der Waals surface area contributed by atoms with Gasteiger partial charge in [0.05, 0.1) is 6.61 Å². The molecule has 0 rings (SSSR count). The fraction of sp³-hybridized carbons (Fsp3) is 0.607. The molecule has 372 valence electrons. The van der Waals surface area contributed by atoms with Crippen molar-refractivity contribution < 1.29 is 23.8 Å². The zero-order valence-electron chi connectivity index (χ0n) is 42.7. The van der Waals surface area contributed by atoms with Crippen LogP contribution in [-0.2, 0) is 23.8 Å². The number of unbranched alkanes of at least 4 members (excludes halogenated alkanes) is 14. The molecule has 0 saturated carbocycles. The monoisotopic (exact) mass is 911 g/mol. The Kier molecular flexibility index (Phi) is 52.0. The summed E-state index contributed by atoms with van der Waals surface area (Å²) in [4.78, 5) is 25.4. The van der Waals surface area contributed by atoms with Gasteiger partial charge in [0, 0.05) is 19.4 Å². The molecule has 0 N–H and O–H groups in total. The molecule has 5 heteroatoms. The lowest BCUT2D eigenvalue weighted by atomic mass is 10.1. The van der Waals surface area contributed by atoms with Crippen molar-refractivity contribution in [2.45, 2.75) is 219 Å². The molecular formula is C61H98O5. The molecule has 1 unspecified atom stereocenters. The van der Waals surface area contributed by atoms with Crippen molar-refractivity contribution in [3.63, 3.8) is 0 Å². The topological polar surface area (TPSA) is 61.8 Å². The Bertz CT molecular complexity index is 1400. The highest BCUT2D eigenvalue weighted by atomic mass is 16.6. The van der Waals surface area contributed by atoms with Gasteiger partial charge in [-0.2, -0.15) is 0 Å². The lowest BCUT2D eigenvalue weighted by Crippen LogP contribution is -2.30. The molecule has 0 saturated heterocycles. The Morgan fingerprint density at radius 2 is 0.712 bits per heavy atom. The Morgan fingerprint density at radius 1 is 0.348 bits per heavy atom. The molecule has 0 aliphatic carbocycles. The fourth-order valence-corrected chi connectivity index (χ4v) is 6.76. The van der Waals surface area contributed by atoms with Crippen molar-refractivity contribution in [2.24, 2.45) is 0 Å². The number of allylic oxidation sites excluding steroid dienone is 22. The van der Waals surface area contributed by atoms with Crippen LogP contribution in [0.4, 0.5) is 0 Å². The lowest BCUT2D eigenvalue weighted by molar-refractivity contribution is -0.162. The molecule has 0 heterocycles. The lowest BCUT2D eigenvalue weighted by Gasteiger charge is -2.18. The van der Waals surface area contributed by atoms with E-state index < -0.39 is 6.10 Å². The molecule has 1 atom stereocenters. The normalized spacial score (nSPS) is 13.3. The van der Waals surface area contributed by atoms with E-state index in [0.717, 1.165) is 96.3 Å². The van der Waals surface area contributed by atoms with Gasteiger partial charge < -0.3 is 14.2 Å². The first kappa shape index (κ1) is 62.0. The van der Waals surface area contributed by atoms with E-state index in [2.05, 4.69) is 148 Å². The predicted octanol–water partition coefficient (Wildman–Crippen LogP) is 18.3. The number of carbonyl (C=O) groups is 2. The third-order valence-corrected chi connectivity index (χ3v) is 10.7. The minimum atomic E-state index is -0.601. The second kappa shape index (κ2) is 55.4. The minimum Gasteiger partial charge on any atom is -0.462 e. The van der Waals surface area contributed by atoms with Gasteiger partial charge in [0.15, 0.2) is 6.10 Å². The average molecular weight is 911 g/mol. The van der Waals surface area contributed by atoms with Crippen molar-refractivity contribution in [1.82, 2.24) is 0 Å². The highest BCUT2D eigenvalue weighted by Crippen LogP contribution is 2.12. The zero-order valence-corrected chi connectivity index (χ0v) is 42.7. The quantitative estimate of drug-likeness (QED) is 0.0346. The molecule has 0 fully saturated rings. The molecule has 0 aromatic carbocycles. The van der Waals surface area contributed by atoms with Crippen LogP contribution in [0.1, 0.15) is 213 Å². The Balaban J connectivity index is 4.49. The summed E-state index contributed by atoms with van der Waals surface area (Å²) < 4.78 is 17.3. The molecule has 0 aliphatic rings. The molecule has 5 nitrogen and oxygen atoms in total. The van der Waals surface area contributed by atoms with Crippen LogP contribution in [-0.4, -0.2) is 37.9 Å². The predicted molar refractivity (Wildman–Crippen MR) is 288 cm³/mol. The van der Waals surface area contributed by atoms with Crippen LogP contribution in [0.25, 0.3) is 0 Å². The SMILES string of the molecule is CC/C=C\C/C=C\C/C=C\C/C=C\C/C=C\C/C=C\CCC(=O)OCC(COCCCCCCCC/C=C\CCCCCCCC)OC(=O)CCCC/C=C\C/C=C\C/C=C\C/C=C\CC. The Labute approximate surface area is 407 Å². The van der Waals surface area contributed by atoms with Crippen LogP contribution in [0.5, 0.6) is 0 Å². The van der Waals surface area contributed by atoms with Gasteiger partial charge in [0.25, 0.3) is 0 Å². The Morgan fingerprint density at radius 3 is 1.17 bits per heavy atom. The largest absolute Gasteiger partial charge is 0.462 e. The first-order valence-corrected chi connectivity index (χ1v) is 26.7. The van der Waals surface area contributed by atoms with E-state index in [1.807, 2.05) is 6.08 Å². The standard InChI is InChI=1S/C61H98O5/c1-4-7-10-13-16-19-22-25-28-30-31-32-34-36-39-42-45-48-51-54-60(62)65-58-59(57-64-56-53-50-47-44-41-38-35-29-26-23-20-17-14-11-8-5-2)66-61(63)55-52-49-46-43-40-37-33-27-24-21-18-15-12-9-6-3/h7,9-10,12,16,18-19,21,25-29,31-33,36,39-40,43,45,48,59H,4-6,8,11,13-15,17,20,22-24,30,34-35,37-38,41-42,44,46-47,49-58H2,1-3H3/b10-7-,12-9-,19-16-,21-18-,28-25-,29-26-,32-31-,33-27-,39-36-,43-40-,48-45-. The smallest absolute Gasteiger partial charge is 0.306 e. The molecular weight excluding hydrogens is 813 g/mol. The van der Waals surface area contributed by atoms with Crippen LogP contribution in [0, 0.1) is 0 Å². The number of hydrogen-bond acceptors (Lipinski definition) is 5. The first-order valence-electron chi connectivity index (χ1n) is 26.7. The maximum Gasteiger partial charge on any atom is 0.306 e. The van der Waals surface area contributed by atoms with E-state index in [1.54, 1.807) is 0 Å². The van der Waals surface area contributed by atoms with Gasteiger partial charge in [-0.1, -0.05) is 212 Å². The van der Waals surface area contributed by atoms with E-state index in [4.69, 9.17) is 14.2 Å². The van der Waals surface area contributed by atoms with E-state index in [9.17, 15) is 9.59 Å². The number of ether oxygens (including phenoxy) is 3. The molecule has 0 aliphatic heterocycles. The summed E-state index contributed by atoms with van der Waals surface area (Å²) in [7, 11) is 0. The zero-order chi connectivity index (χ0) is 47.7. The van der Waals surface area contributed by atoms with Crippen molar-refractivity contribution in [2.75, 3.05) is 19.8 Å². The van der Waals surface area contributed by atoms with Gasteiger partial charge in [-0.05, 0) is 122 Å². The van der Waals surface area contributed by atoms with E-state index in [1.165, 1.54) is 77.0 Å². The second-order valence-electron chi connectivity index (χ2n) is 17.0. The van der Waals surface area contributed by atoms with E-state index in [0.29, 0.717) is 19.4 Å². The summed E-state index contributed by atoms with van der Waals surface area (Å²) in [6.45, 7) is 7.44. The van der Waals surface area contributed by atoms with Gasteiger partial charge in [0.2, 0.25) is 0 Å². The van der Waals surface area contributed by atoms with Crippen LogP contribution in [0.15, 0.2) is 134 Å². The van der Waals surface area contributed by atoms with Crippen molar-refractivity contribution in [1.29, 1.82) is 0 Å². The third-order valence-electron chi connectivity index (χ3n) is 10.7. The van der Waals surface area contributed by atoms with Crippen LogP contribution >= 0.6 is 0 Å². The summed E-state index contributed by atoms with van der Waals surface area (Å²) in [5.41, 5.74) is 0. The molecule has 0 amide bonds. The summed E-state index contributed by atoms with van der Waals surface area (Å²) >= 11 is 0. The van der Waals surface area contributed by atoms with Gasteiger partial charge in [0.1, 0.15) is 6.61 Å². The van der Waals surface area contributed by atoms with Crippen molar-refractivity contribution in [3.8, 4) is 0 Å². The van der Waals surface area contributed by atoms with Gasteiger partial charge in [-0.25, -0.2) is 0 Å². The van der Waals surface area contributed by atoms with E-state index >= 15 is 0 Å². The summed E-state index contributed by atoms with van der Waals surface area (Å²) in [5.74, 6) is -0.554. The summed E-state index contributed by atoms with van der Waals surface area (Å²) in [5, 5.41) is 0. The number of rotatable bonds is 47. The first-order chi connectivity index (χ1) is 32.6. The van der Waals surface area contributed by atoms with Crippen LogP contribution < -0.4 is 0 Å². The fourth-order valence-electron chi connectivity index (χ4n) is 6.76. The maximum absolute atomic E-state index is 12.8. The van der Waals surface area contributed by atoms with E-state index in [-0.39, 0.29) is 31.6 Å². The molecule has 0 spiro atoms. The van der Waals surface area contributed by atoms with Crippen molar-refractivity contribution in [3.05, 3.63) is 134 Å². The van der Waals surface area contributed by atoms with Crippen LogP contribution in [0.2, 0.25) is 0 Å². The van der Waals surface area contributed by atoms with Crippen LogP contribution in [0.3, 0.4) is 0 Å². The highest BCUT2D eigenvalue weighted by Gasteiger charge is 2.17. The van der Waals surface area contributed by atoms with Crippen molar-refractivity contribution >= 4 is 11.9 Å². The van der Waals surface area contributed by atoms with Gasteiger partial charge in [-0.3, -0.25) is 9.59 Å². The number of hydrogen-bond donors (Lipinski definition) is 0. The molecule has 0 radical (unpaired) electrons. The number of esters is 2. The summed E-state index contributed by atoms with van der Waals surface area (Å²) in [6.07, 6.45) is 79.1. The summed E-state index contributed by atoms with van der Waals surface area (Å²) in [6, 6.07) is 0. The van der Waals surface area contributed by atoms with Gasteiger partial charge in [-0.15, -0.1) is 0 Å². The van der Waals surface area contributed by atoms with Gasteiger partial charge >= 0.3 is 11.9 Å². The number of carbonyl (C=O) groups excluding carboxylic acids is 2. The maximum atomic E-state index is 12.8. The molecule has 0 aromatic rings. The third kappa shape index (κ3) is 52.7. The second-order valence-corrected chi connectivity index (χ2v) is 17.0. The Hall–Kier alpha value is -3.96. The highest BCUT2D eigenvalue weighted by molar-refractivity contribution is 5.70. The molecule has 0 aromatic heterocycles.